The molecule has 1 aromatic carbocycles. The fraction of sp³-hybridized carbons (Fsp3) is 0.0769. The second kappa shape index (κ2) is 5.67. The van der Waals surface area contributed by atoms with Crippen LogP contribution in [0.5, 0.6) is 0 Å². The summed E-state index contributed by atoms with van der Waals surface area (Å²) in [7, 11) is 0. The van der Waals surface area contributed by atoms with E-state index >= 15 is 0 Å². The summed E-state index contributed by atoms with van der Waals surface area (Å²) in [5.41, 5.74) is 2.13. The second-order valence-corrected chi connectivity index (χ2v) is 5.37. The van der Waals surface area contributed by atoms with E-state index in [2.05, 4.69) is 32.9 Å². The first kappa shape index (κ1) is 13.3. The number of nitrogens with zero attached hydrogens (tertiary/aromatic N) is 1. The number of hydrogen-bond donors (Lipinski definition) is 1. The van der Waals surface area contributed by atoms with Gasteiger partial charge in [-0.1, -0.05) is 11.6 Å². The first-order valence-corrected chi connectivity index (χ1v) is 6.71. The number of carbonyl (C=O) groups is 1. The van der Waals surface area contributed by atoms with E-state index < -0.39 is 0 Å². The highest BCUT2D eigenvalue weighted by Crippen LogP contribution is 2.19. The van der Waals surface area contributed by atoms with E-state index in [4.69, 9.17) is 11.6 Å². The lowest BCUT2D eigenvalue weighted by Gasteiger charge is -2.07. The zero-order valence-corrected chi connectivity index (χ0v) is 12.5. The van der Waals surface area contributed by atoms with Crippen LogP contribution >= 0.6 is 34.2 Å². The zero-order chi connectivity index (χ0) is 13.1. The minimum atomic E-state index is -0.187. The number of aromatic nitrogens is 1. The van der Waals surface area contributed by atoms with Gasteiger partial charge >= 0.3 is 0 Å². The van der Waals surface area contributed by atoms with Crippen molar-refractivity contribution in [1.82, 2.24) is 4.98 Å². The van der Waals surface area contributed by atoms with Crippen molar-refractivity contribution in [3.63, 3.8) is 0 Å². The van der Waals surface area contributed by atoms with Crippen LogP contribution in [0, 0.1) is 10.5 Å². The molecule has 0 saturated carbocycles. The molecule has 0 fully saturated rings. The molecule has 0 aliphatic carbocycles. The zero-order valence-electron chi connectivity index (χ0n) is 9.58. The summed E-state index contributed by atoms with van der Waals surface area (Å²) in [5.74, 6) is -0.187. The van der Waals surface area contributed by atoms with Gasteiger partial charge in [-0.2, -0.15) is 0 Å². The van der Waals surface area contributed by atoms with E-state index in [0.717, 1.165) is 9.26 Å². The Bertz CT molecular complexity index is 584. The largest absolute Gasteiger partial charge is 0.321 e. The lowest BCUT2D eigenvalue weighted by Crippen LogP contribution is -2.13. The Morgan fingerprint density at radius 2 is 2.11 bits per heavy atom. The molecule has 92 valence electrons. The smallest absolute Gasteiger partial charge is 0.256 e. The topological polar surface area (TPSA) is 42.0 Å². The molecule has 2 aromatic rings. The van der Waals surface area contributed by atoms with Crippen molar-refractivity contribution in [3.05, 3.63) is 56.4 Å². The molecule has 18 heavy (non-hydrogen) atoms. The number of halogens is 2. The van der Waals surface area contributed by atoms with E-state index in [1.807, 2.05) is 25.1 Å². The standard InChI is InChI=1S/C13H10ClIN2O/c1-8-2-4-10(7-16-8)17-13(18)11-6-9(14)3-5-12(11)15/h2-7H,1H3,(H,17,18). The summed E-state index contributed by atoms with van der Waals surface area (Å²) in [6, 6.07) is 8.88. The maximum Gasteiger partial charge on any atom is 0.256 e. The average Bonchev–Trinajstić information content (AvgIpc) is 2.35. The molecule has 0 unspecified atom stereocenters. The van der Waals surface area contributed by atoms with Gasteiger partial charge < -0.3 is 5.32 Å². The molecule has 1 N–H and O–H groups in total. The van der Waals surface area contributed by atoms with Gasteiger partial charge in [-0.25, -0.2) is 0 Å². The van der Waals surface area contributed by atoms with Crippen LogP contribution in [0.1, 0.15) is 16.1 Å². The highest BCUT2D eigenvalue weighted by atomic mass is 127. The molecular formula is C13H10ClIN2O. The third-order valence-corrected chi connectivity index (χ3v) is 3.52. The Labute approximate surface area is 124 Å². The summed E-state index contributed by atoms with van der Waals surface area (Å²) in [4.78, 5) is 16.2. The Kier molecular flexibility index (Phi) is 4.19. The van der Waals surface area contributed by atoms with Crippen molar-refractivity contribution < 1.29 is 4.79 Å². The molecule has 1 amide bonds. The minimum absolute atomic E-state index is 0.187. The molecule has 5 heteroatoms. The van der Waals surface area contributed by atoms with Gasteiger partial charge in [0.05, 0.1) is 17.4 Å². The Balaban J connectivity index is 2.21. The van der Waals surface area contributed by atoms with Crippen LogP contribution in [-0.2, 0) is 0 Å². The Morgan fingerprint density at radius 1 is 1.33 bits per heavy atom. The highest BCUT2D eigenvalue weighted by Gasteiger charge is 2.10. The van der Waals surface area contributed by atoms with Crippen LogP contribution in [0.4, 0.5) is 5.69 Å². The lowest BCUT2D eigenvalue weighted by molar-refractivity contribution is 0.102. The van der Waals surface area contributed by atoms with Gasteiger partial charge in [-0.05, 0) is 59.8 Å². The average molecular weight is 373 g/mol. The number of anilines is 1. The van der Waals surface area contributed by atoms with Crippen LogP contribution in [0.2, 0.25) is 5.02 Å². The van der Waals surface area contributed by atoms with Gasteiger partial charge in [-0.15, -0.1) is 0 Å². The predicted octanol–water partition coefficient (Wildman–Crippen LogP) is 3.90. The van der Waals surface area contributed by atoms with Gasteiger partial charge in [0.2, 0.25) is 0 Å². The number of rotatable bonds is 2. The van der Waals surface area contributed by atoms with Gasteiger partial charge in [0.25, 0.3) is 5.91 Å². The molecule has 0 bridgehead atoms. The third-order valence-electron chi connectivity index (χ3n) is 2.34. The van der Waals surface area contributed by atoms with E-state index in [9.17, 15) is 4.79 Å². The maximum absolute atomic E-state index is 12.1. The number of pyridine rings is 1. The molecule has 0 aliphatic rings. The van der Waals surface area contributed by atoms with Crippen LogP contribution < -0.4 is 5.32 Å². The van der Waals surface area contributed by atoms with Crippen molar-refractivity contribution in [2.24, 2.45) is 0 Å². The first-order valence-electron chi connectivity index (χ1n) is 5.25. The molecule has 0 spiro atoms. The molecule has 2 rings (SSSR count). The number of benzene rings is 1. The van der Waals surface area contributed by atoms with Crippen molar-refractivity contribution in [1.29, 1.82) is 0 Å². The van der Waals surface area contributed by atoms with Gasteiger partial charge in [0.15, 0.2) is 0 Å². The molecule has 0 atom stereocenters. The van der Waals surface area contributed by atoms with Crippen molar-refractivity contribution in [2.75, 3.05) is 5.32 Å². The summed E-state index contributed by atoms with van der Waals surface area (Å²) < 4.78 is 0.856. The van der Waals surface area contributed by atoms with Crippen molar-refractivity contribution >= 4 is 45.8 Å². The molecule has 0 aliphatic heterocycles. The first-order chi connectivity index (χ1) is 8.56. The number of hydrogen-bond acceptors (Lipinski definition) is 2. The van der Waals surface area contributed by atoms with Gasteiger partial charge in [-0.3, -0.25) is 9.78 Å². The predicted molar refractivity (Wildman–Crippen MR) is 81.1 cm³/mol. The second-order valence-electron chi connectivity index (χ2n) is 3.77. The molecule has 0 saturated heterocycles. The van der Waals surface area contributed by atoms with Crippen molar-refractivity contribution in [2.45, 2.75) is 6.92 Å². The Morgan fingerprint density at radius 3 is 2.78 bits per heavy atom. The highest BCUT2D eigenvalue weighted by molar-refractivity contribution is 14.1. The van der Waals surface area contributed by atoms with E-state index in [-0.39, 0.29) is 5.91 Å². The number of nitrogens with one attached hydrogen (secondary N) is 1. The van der Waals surface area contributed by atoms with Crippen LogP contribution in [-0.4, -0.2) is 10.9 Å². The fourth-order valence-corrected chi connectivity index (χ4v) is 2.16. The summed E-state index contributed by atoms with van der Waals surface area (Å²) >= 11 is 7.99. The lowest BCUT2D eigenvalue weighted by atomic mass is 10.2. The summed E-state index contributed by atoms with van der Waals surface area (Å²) in [5, 5.41) is 3.33. The number of aryl methyl sites for hydroxylation is 1. The van der Waals surface area contributed by atoms with Crippen LogP contribution in [0.25, 0.3) is 0 Å². The van der Waals surface area contributed by atoms with Crippen molar-refractivity contribution in [3.8, 4) is 0 Å². The normalized spacial score (nSPS) is 10.2. The maximum atomic E-state index is 12.1. The van der Waals surface area contributed by atoms with Crippen LogP contribution in [0.3, 0.4) is 0 Å². The molecule has 0 radical (unpaired) electrons. The number of carbonyl (C=O) groups excluding carboxylic acids is 1. The van der Waals surface area contributed by atoms with E-state index in [1.165, 1.54) is 0 Å². The minimum Gasteiger partial charge on any atom is -0.321 e. The number of amides is 1. The van der Waals surface area contributed by atoms with Gasteiger partial charge in [0, 0.05) is 14.3 Å². The molecule has 1 aromatic heterocycles. The monoisotopic (exact) mass is 372 g/mol. The summed E-state index contributed by atoms with van der Waals surface area (Å²) in [6.07, 6.45) is 1.63. The third kappa shape index (κ3) is 3.20. The molecule has 3 nitrogen and oxygen atoms in total. The van der Waals surface area contributed by atoms with Gasteiger partial charge in [0.1, 0.15) is 0 Å². The Hall–Kier alpha value is -1.14. The molecular weight excluding hydrogens is 363 g/mol. The SMILES string of the molecule is Cc1ccc(NC(=O)c2cc(Cl)ccc2I)cn1. The summed E-state index contributed by atoms with van der Waals surface area (Å²) in [6.45, 7) is 1.89. The van der Waals surface area contributed by atoms with Crippen LogP contribution in [0.15, 0.2) is 36.5 Å². The molecule has 1 heterocycles. The van der Waals surface area contributed by atoms with E-state index in [1.54, 1.807) is 18.3 Å². The quantitative estimate of drug-likeness (QED) is 0.813. The fourth-order valence-electron chi connectivity index (χ4n) is 1.41. The van der Waals surface area contributed by atoms with E-state index in [0.29, 0.717) is 16.3 Å².